The molecule has 1 amide bonds. The molecular formula is C17H24ClN3O3S. The number of carbonyl (C=O) groups is 1. The third-order valence-corrected chi connectivity index (χ3v) is 6.64. The molecule has 0 atom stereocenters. The minimum atomic E-state index is -3.69. The molecule has 1 aliphatic rings. The van der Waals surface area contributed by atoms with Crippen molar-refractivity contribution < 1.29 is 13.2 Å². The van der Waals surface area contributed by atoms with E-state index in [0.29, 0.717) is 39.0 Å². The first-order valence-electron chi connectivity index (χ1n) is 8.31. The highest BCUT2D eigenvalue weighted by molar-refractivity contribution is 7.89. The fraction of sp³-hybridized carbons (Fsp3) is 0.529. The van der Waals surface area contributed by atoms with Gasteiger partial charge in [0.05, 0.1) is 0 Å². The van der Waals surface area contributed by atoms with Crippen molar-refractivity contribution in [3.63, 3.8) is 0 Å². The van der Waals surface area contributed by atoms with Gasteiger partial charge in [-0.2, -0.15) is 4.31 Å². The molecule has 0 aliphatic carbocycles. The van der Waals surface area contributed by atoms with Crippen LogP contribution >= 0.6 is 11.6 Å². The average molecular weight is 386 g/mol. The van der Waals surface area contributed by atoms with Crippen molar-refractivity contribution >= 4 is 27.5 Å². The van der Waals surface area contributed by atoms with Crippen molar-refractivity contribution in [3.05, 3.63) is 35.6 Å². The zero-order chi connectivity index (χ0) is 18.6. The lowest BCUT2D eigenvalue weighted by atomic mass is 9.96. The lowest BCUT2D eigenvalue weighted by Gasteiger charge is -2.33. The van der Waals surface area contributed by atoms with Crippen LogP contribution in [0.15, 0.2) is 35.4 Å². The molecule has 1 fully saturated rings. The summed E-state index contributed by atoms with van der Waals surface area (Å²) >= 11 is 5.93. The van der Waals surface area contributed by atoms with Gasteiger partial charge in [0, 0.05) is 38.3 Å². The molecule has 0 unspecified atom stereocenters. The Labute approximate surface area is 154 Å². The maximum atomic E-state index is 12.7. The predicted octanol–water partition coefficient (Wildman–Crippen LogP) is 2.56. The van der Waals surface area contributed by atoms with Crippen molar-refractivity contribution in [1.29, 1.82) is 0 Å². The molecule has 25 heavy (non-hydrogen) atoms. The van der Waals surface area contributed by atoms with Crippen LogP contribution in [0.3, 0.4) is 0 Å². The highest BCUT2D eigenvalue weighted by Crippen LogP contribution is 2.27. The molecular weight excluding hydrogens is 362 g/mol. The molecule has 0 spiro atoms. The molecule has 1 saturated heterocycles. The van der Waals surface area contributed by atoms with Crippen molar-refractivity contribution in [2.24, 2.45) is 5.92 Å². The van der Waals surface area contributed by atoms with Crippen LogP contribution < -0.4 is 0 Å². The van der Waals surface area contributed by atoms with Gasteiger partial charge in [-0.05, 0) is 38.8 Å². The molecule has 6 nitrogen and oxygen atoms in total. The van der Waals surface area contributed by atoms with Crippen LogP contribution in [0.4, 0.5) is 0 Å². The first-order valence-corrected chi connectivity index (χ1v) is 10.1. The molecule has 1 aliphatic heterocycles. The topological polar surface area (TPSA) is 70.6 Å². The Morgan fingerprint density at radius 1 is 1.44 bits per heavy atom. The zero-order valence-electron chi connectivity index (χ0n) is 14.6. The van der Waals surface area contributed by atoms with Crippen LogP contribution in [0.25, 0.3) is 0 Å². The third kappa shape index (κ3) is 4.59. The Morgan fingerprint density at radius 3 is 2.60 bits per heavy atom. The summed E-state index contributed by atoms with van der Waals surface area (Å²) in [6, 6.07) is 3.00. The van der Waals surface area contributed by atoms with E-state index in [2.05, 4.69) is 11.6 Å². The van der Waals surface area contributed by atoms with E-state index < -0.39 is 10.0 Å². The summed E-state index contributed by atoms with van der Waals surface area (Å²) in [6.45, 7) is 9.45. The normalized spacial score (nSPS) is 16.6. The standard InChI is InChI=1S/C17H24ClN3O3S/c1-4-20(12-13(2)3)17(22)14-7-10-21(11-8-14)25(23,24)15-6-5-9-19-16(15)18/h5-6,9,14H,2,4,7-8,10-12H2,1,3H3. The van der Waals surface area contributed by atoms with Gasteiger partial charge in [-0.15, -0.1) is 0 Å². The number of carbonyl (C=O) groups excluding carboxylic acids is 1. The Bertz CT molecular complexity index is 743. The van der Waals surface area contributed by atoms with Crippen molar-refractivity contribution in [2.75, 3.05) is 26.2 Å². The number of hydrogen-bond donors (Lipinski definition) is 0. The summed E-state index contributed by atoms with van der Waals surface area (Å²) in [5.41, 5.74) is 0.932. The molecule has 8 heteroatoms. The zero-order valence-corrected chi connectivity index (χ0v) is 16.2. The van der Waals surface area contributed by atoms with Gasteiger partial charge in [-0.3, -0.25) is 4.79 Å². The maximum Gasteiger partial charge on any atom is 0.246 e. The lowest BCUT2D eigenvalue weighted by Crippen LogP contribution is -2.44. The molecule has 2 heterocycles. The first kappa shape index (κ1) is 19.9. The summed E-state index contributed by atoms with van der Waals surface area (Å²) in [5, 5.41) is -0.0284. The number of aromatic nitrogens is 1. The van der Waals surface area contributed by atoms with E-state index in [4.69, 9.17) is 11.6 Å². The summed E-state index contributed by atoms with van der Waals surface area (Å²) in [5.74, 6) is -0.0860. The van der Waals surface area contributed by atoms with Crippen LogP contribution in [0, 0.1) is 5.92 Å². The average Bonchev–Trinajstić information content (AvgIpc) is 2.59. The molecule has 0 saturated carbocycles. The molecule has 0 aromatic carbocycles. The number of rotatable bonds is 6. The van der Waals surface area contributed by atoms with Crippen molar-refractivity contribution in [1.82, 2.24) is 14.2 Å². The molecule has 1 aromatic rings. The fourth-order valence-corrected chi connectivity index (χ4v) is 4.87. The highest BCUT2D eigenvalue weighted by atomic mass is 35.5. The maximum absolute atomic E-state index is 12.7. The Kier molecular flexibility index (Phi) is 6.59. The van der Waals surface area contributed by atoms with E-state index in [9.17, 15) is 13.2 Å². The van der Waals surface area contributed by atoms with Crippen LogP contribution in [-0.4, -0.2) is 54.7 Å². The van der Waals surface area contributed by atoms with E-state index in [-0.39, 0.29) is 21.9 Å². The van der Waals surface area contributed by atoms with Crippen LogP contribution in [-0.2, 0) is 14.8 Å². The molecule has 0 radical (unpaired) electrons. The van der Waals surface area contributed by atoms with Crippen LogP contribution in [0.2, 0.25) is 5.15 Å². The molecule has 2 rings (SSSR count). The van der Waals surface area contributed by atoms with Gasteiger partial charge in [0.2, 0.25) is 15.9 Å². The van der Waals surface area contributed by atoms with Crippen molar-refractivity contribution in [2.45, 2.75) is 31.6 Å². The van der Waals surface area contributed by atoms with E-state index in [1.165, 1.54) is 16.6 Å². The molecule has 0 bridgehead atoms. The molecule has 1 aromatic heterocycles. The van der Waals surface area contributed by atoms with Gasteiger partial charge in [-0.1, -0.05) is 23.8 Å². The van der Waals surface area contributed by atoms with Crippen molar-refractivity contribution in [3.8, 4) is 0 Å². The SMILES string of the molecule is C=C(C)CN(CC)C(=O)C1CCN(S(=O)(=O)c2cccnc2Cl)CC1. The van der Waals surface area contributed by atoms with Crippen LogP contribution in [0.1, 0.15) is 26.7 Å². The smallest absolute Gasteiger partial charge is 0.246 e. The van der Waals surface area contributed by atoms with Gasteiger partial charge >= 0.3 is 0 Å². The number of pyridine rings is 1. The van der Waals surface area contributed by atoms with E-state index in [1.54, 1.807) is 11.0 Å². The monoisotopic (exact) mass is 385 g/mol. The second kappa shape index (κ2) is 8.29. The second-order valence-electron chi connectivity index (χ2n) is 6.28. The summed E-state index contributed by atoms with van der Waals surface area (Å²) in [6.07, 6.45) is 2.46. The first-order chi connectivity index (χ1) is 11.8. The minimum absolute atomic E-state index is 0.0129. The Hall–Kier alpha value is -1.44. The highest BCUT2D eigenvalue weighted by Gasteiger charge is 2.34. The van der Waals surface area contributed by atoms with E-state index in [0.717, 1.165) is 5.57 Å². The Morgan fingerprint density at radius 2 is 2.08 bits per heavy atom. The Balaban J connectivity index is 2.05. The number of nitrogens with zero attached hydrogens (tertiary/aromatic N) is 3. The largest absolute Gasteiger partial charge is 0.339 e. The number of sulfonamides is 1. The predicted molar refractivity (Wildman–Crippen MR) is 97.8 cm³/mol. The second-order valence-corrected chi connectivity index (χ2v) is 8.54. The van der Waals surface area contributed by atoms with Gasteiger partial charge in [0.15, 0.2) is 0 Å². The van der Waals surface area contributed by atoms with Gasteiger partial charge in [0.25, 0.3) is 0 Å². The quantitative estimate of drug-likeness (QED) is 0.557. The van der Waals surface area contributed by atoms with E-state index >= 15 is 0 Å². The number of piperidine rings is 1. The van der Waals surface area contributed by atoms with Gasteiger partial charge < -0.3 is 4.90 Å². The number of likely N-dealkylation sites (N-methyl/N-ethyl adjacent to an activating group) is 1. The van der Waals surface area contributed by atoms with Crippen LogP contribution in [0.5, 0.6) is 0 Å². The molecule has 0 N–H and O–H groups in total. The summed E-state index contributed by atoms with van der Waals surface area (Å²) < 4.78 is 26.8. The number of halogens is 1. The number of amides is 1. The van der Waals surface area contributed by atoms with E-state index in [1.807, 2.05) is 13.8 Å². The van der Waals surface area contributed by atoms with Gasteiger partial charge in [0.1, 0.15) is 10.0 Å². The lowest BCUT2D eigenvalue weighted by molar-refractivity contribution is -0.136. The fourth-order valence-electron chi connectivity index (χ4n) is 2.98. The summed E-state index contributed by atoms with van der Waals surface area (Å²) in [7, 11) is -3.69. The number of hydrogen-bond acceptors (Lipinski definition) is 4. The van der Waals surface area contributed by atoms with Gasteiger partial charge in [-0.25, -0.2) is 13.4 Å². The molecule has 138 valence electrons. The summed E-state index contributed by atoms with van der Waals surface area (Å²) in [4.78, 5) is 18.3. The minimum Gasteiger partial charge on any atom is -0.339 e. The third-order valence-electron chi connectivity index (χ3n) is 4.30.